The summed E-state index contributed by atoms with van der Waals surface area (Å²) in [6, 6.07) is 17.0. The Morgan fingerprint density at radius 3 is 2.57 bits per heavy atom. The van der Waals surface area contributed by atoms with Crippen molar-refractivity contribution in [2.45, 2.75) is 12.6 Å². The van der Waals surface area contributed by atoms with Crippen LogP contribution in [0.25, 0.3) is 0 Å². The van der Waals surface area contributed by atoms with E-state index in [-0.39, 0.29) is 0 Å². The van der Waals surface area contributed by atoms with Crippen LogP contribution < -0.4 is 5.32 Å². The number of cyclic esters (lactones) is 1. The molecule has 0 aromatic heterocycles. The average Bonchev–Trinajstić information content (AvgIpc) is 2.88. The lowest BCUT2D eigenvalue weighted by Gasteiger charge is -2.09. The summed E-state index contributed by atoms with van der Waals surface area (Å²) in [4.78, 5) is 15.9. The highest BCUT2D eigenvalue weighted by Gasteiger charge is 2.31. The number of rotatable bonds is 3. The van der Waals surface area contributed by atoms with E-state index in [1.54, 1.807) is 0 Å². The molecule has 2 aromatic carbocycles. The number of hydrogen-bond acceptors (Lipinski definition) is 3. The number of amides is 1. The van der Waals surface area contributed by atoms with Crippen molar-refractivity contribution in [3.05, 3.63) is 70.7 Å². The second-order valence-electron chi connectivity index (χ2n) is 4.61. The lowest BCUT2D eigenvalue weighted by atomic mass is 10.1. The minimum Gasteiger partial charge on any atom is -0.433 e. The monoisotopic (exact) mass is 300 g/mol. The highest BCUT2D eigenvalue weighted by atomic mass is 35.5. The standard InChI is InChI=1S/C16H13ClN2O2/c17-13-9-5-4-8-12(13)10-18-15-14(21-16(20)19-15)11-6-2-1-3-7-11/h1-9,14H,10H2,(H,18,19,20). The van der Waals surface area contributed by atoms with E-state index in [4.69, 9.17) is 16.3 Å². The maximum atomic E-state index is 11.5. The normalized spacial score (nSPS) is 19.4. The summed E-state index contributed by atoms with van der Waals surface area (Å²) in [5, 5.41) is 3.29. The van der Waals surface area contributed by atoms with Crippen molar-refractivity contribution < 1.29 is 9.53 Å². The fourth-order valence-electron chi connectivity index (χ4n) is 2.14. The van der Waals surface area contributed by atoms with E-state index in [0.717, 1.165) is 11.1 Å². The summed E-state index contributed by atoms with van der Waals surface area (Å²) in [6.45, 7) is 0.391. The topological polar surface area (TPSA) is 50.7 Å². The predicted octanol–water partition coefficient (Wildman–Crippen LogP) is 3.72. The lowest BCUT2D eigenvalue weighted by molar-refractivity contribution is 0.150. The van der Waals surface area contributed by atoms with E-state index in [9.17, 15) is 4.79 Å². The highest BCUT2D eigenvalue weighted by molar-refractivity contribution is 6.31. The molecule has 1 atom stereocenters. The van der Waals surface area contributed by atoms with Crippen molar-refractivity contribution in [3.63, 3.8) is 0 Å². The Morgan fingerprint density at radius 2 is 1.81 bits per heavy atom. The number of carbonyl (C=O) groups is 1. The molecule has 5 heteroatoms. The van der Waals surface area contributed by atoms with Crippen molar-refractivity contribution in [1.82, 2.24) is 5.32 Å². The fraction of sp³-hybridized carbons (Fsp3) is 0.125. The summed E-state index contributed by atoms with van der Waals surface area (Å²) in [6.07, 6.45) is -0.969. The zero-order valence-corrected chi connectivity index (χ0v) is 11.9. The van der Waals surface area contributed by atoms with Crippen LogP contribution in [0.3, 0.4) is 0 Å². The summed E-state index contributed by atoms with van der Waals surface area (Å²) in [7, 11) is 0. The number of halogens is 1. The molecule has 1 saturated heterocycles. The van der Waals surface area contributed by atoms with Crippen LogP contribution in [-0.2, 0) is 11.3 Å². The van der Waals surface area contributed by atoms with Gasteiger partial charge in [-0.15, -0.1) is 0 Å². The van der Waals surface area contributed by atoms with Crippen LogP contribution in [-0.4, -0.2) is 11.9 Å². The number of alkyl carbamates (subject to hydrolysis) is 1. The maximum Gasteiger partial charge on any atom is 0.413 e. The second-order valence-corrected chi connectivity index (χ2v) is 5.02. The van der Waals surface area contributed by atoms with Crippen LogP contribution in [0.5, 0.6) is 0 Å². The Bertz CT molecular complexity index is 686. The quantitative estimate of drug-likeness (QED) is 0.939. The van der Waals surface area contributed by atoms with Gasteiger partial charge in [-0.1, -0.05) is 60.1 Å². The highest BCUT2D eigenvalue weighted by Crippen LogP contribution is 2.24. The molecule has 21 heavy (non-hydrogen) atoms. The molecule has 2 aromatic rings. The first-order valence-corrected chi connectivity index (χ1v) is 6.92. The molecule has 0 bridgehead atoms. The third-order valence-electron chi connectivity index (χ3n) is 3.18. The molecule has 1 aliphatic heterocycles. The van der Waals surface area contributed by atoms with Crippen molar-refractivity contribution >= 4 is 23.5 Å². The molecule has 1 fully saturated rings. The van der Waals surface area contributed by atoms with Crippen LogP contribution in [0, 0.1) is 0 Å². The minimum absolute atomic E-state index is 0.391. The number of aliphatic imine (C=N–C) groups is 1. The van der Waals surface area contributed by atoms with Crippen LogP contribution in [0.15, 0.2) is 59.6 Å². The zero-order valence-electron chi connectivity index (χ0n) is 11.1. The van der Waals surface area contributed by atoms with Gasteiger partial charge in [-0.3, -0.25) is 10.3 Å². The number of nitrogens with one attached hydrogen (secondary N) is 1. The van der Waals surface area contributed by atoms with Crippen LogP contribution in [0.2, 0.25) is 5.02 Å². The Kier molecular flexibility index (Phi) is 3.88. The van der Waals surface area contributed by atoms with Gasteiger partial charge in [0.05, 0.1) is 6.54 Å². The lowest BCUT2D eigenvalue weighted by Crippen LogP contribution is -2.21. The smallest absolute Gasteiger partial charge is 0.413 e. The molecule has 1 amide bonds. The molecule has 0 radical (unpaired) electrons. The number of amidine groups is 1. The van der Waals surface area contributed by atoms with Gasteiger partial charge in [0.2, 0.25) is 0 Å². The molecule has 1 heterocycles. The second kappa shape index (κ2) is 5.97. The Hall–Kier alpha value is -2.33. The fourth-order valence-corrected chi connectivity index (χ4v) is 2.33. The van der Waals surface area contributed by atoms with Gasteiger partial charge in [0, 0.05) is 10.6 Å². The number of ether oxygens (including phenoxy) is 1. The number of benzene rings is 2. The third kappa shape index (κ3) is 3.06. The van der Waals surface area contributed by atoms with Gasteiger partial charge in [-0.05, 0) is 11.6 Å². The Morgan fingerprint density at radius 1 is 1.10 bits per heavy atom. The van der Waals surface area contributed by atoms with E-state index >= 15 is 0 Å². The van der Waals surface area contributed by atoms with E-state index < -0.39 is 12.2 Å². The third-order valence-corrected chi connectivity index (χ3v) is 3.55. The molecule has 106 valence electrons. The van der Waals surface area contributed by atoms with Gasteiger partial charge >= 0.3 is 6.09 Å². The first kappa shape index (κ1) is 13.6. The van der Waals surface area contributed by atoms with Crippen LogP contribution >= 0.6 is 11.6 Å². The number of nitrogens with zero attached hydrogens (tertiary/aromatic N) is 1. The molecule has 1 unspecified atom stereocenters. The molecule has 4 nitrogen and oxygen atoms in total. The predicted molar refractivity (Wildman–Crippen MR) is 81.4 cm³/mol. The van der Waals surface area contributed by atoms with Crippen molar-refractivity contribution in [2.24, 2.45) is 4.99 Å². The van der Waals surface area contributed by atoms with Gasteiger partial charge in [0.25, 0.3) is 0 Å². The zero-order chi connectivity index (χ0) is 14.7. The minimum atomic E-state index is -0.485. The first-order chi connectivity index (χ1) is 10.2. The summed E-state index contributed by atoms with van der Waals surface area (Å²) < 4.78 is 5.26. The van der Waals surface area contributed by atoms with Gasteiger partial charge in [0.1, 0.15) is 0 Å². The SMILES string of the molecule is O=C1NC(=NCc2ccccc2Cl)C(c2ccccc2)O1. The van der Waals surface area contributed by atoms with Gasteiger partial charge < -0.3 is 4.74 Å². The Balaban J connectivity index is 1.84. The number of hydrogen-bond donors (Lipinski definition) is 1. The first-order valence-electron chi connectivity index (χ1n) is 6.54. The molecule has 3 rings (SSSR count). The molecular weight excluding hydrogens is 288 g/mol. The van der Waals surface area contributed by atoms with Gasteiger partial charge in [0.15, 0.2) is 11.9 Å². The van der Waals surface area contributed by atoms with Crippen molar-refractivity contribution in [3.8, 4) is 0 Å². The van der Waals surface area contributed by atoms with Crippen molar-refractivity contribution in [2.75, 3.05) is 0 Å². The van der Waals surface area contributed by atoms with Crippen LogP contribution in [0.1, 0.15) is 17.2 Å². The van der Waals surface area contributed by atoms with Crippen LogP contribution in [0.4, 0.5) is 4.79 Å². The van der Waals surface area contributed by atoms with E-state index in [1.165, 1.54) is 0 Å². The van der Waals surface area contributed by atoms with E-state index in [0.29, 0.717) is 17.4 Å². The van der Waals surface area contributed by atoms with E-state index in [1.807, 2.05) is 54.6 Å². The van der Waals surface area contributed by atoms with E-state index in [2.05, 4.69) is 10.3 Å². The molecule has 0 spiro atoms. The molecule has 1 aliphatic rings. The Labute approximate surface area is 127 Å². The summed E-state index contributed by atoms with van der Waals surface area (Å²) in [5.74, 6) is 0.506. The number of carbonyl (C=O) groups excluding carboxylic acids is 1. The molecule has 1 N–H and O–H groups in total. The largest absolute Gasteiger partial charge is 0.433 e. The van der Waals surface area contributed by atoms with Gasteiger partial charge in [-0.2, -0.15) is 0 Å². The summed E-state index contributed by atoms with van der Waals surface area (Å²) in [5.41, 5.74) is 1.79. The van der Waals surface area contributed by atoms with Crippen molar-refractivity contribution in [1.29, 1.82) is 0 Å². The van der Waals surface area contributed by atoms with Gasteiger partial charge in [-0.25, -0.2) is 4.79 Å². The average molecular weight is 301 g/mol. The molecule has 0 aliphatic carbocycles. The molecular formula is C16H13ClN2O2. The summed E-state index contributed by atoms with van der Waals surface area (Å²) >= 11 is 6.10. The maximum absolute atomic E-state index is 11.5. The molecule has 0 saturated carbocycles.